The number of nitrogens with zero attached hydrogens (tertiary/aromatic N) is 2. The van der Waals surface area contributed by atoms with Crippen LogP contribution in [0.2, 0.25) is 0 Å². The Labute approximate surface area is 182 Å². The summed E-state index contributed by atoms with van der Waals surface area (Å²) in [5.74, 6) is 0.659. The molecular weight excluding hydrogens is 474 g/mol. The molecule has 0 saturated heterocycles. The highest BCUT2D eigenvalue weighted by Gasteiger charge is 2.38. The Balaban J connectivity index is 0.00000261. The highest BCUT2D eigenvalue weighted by atomic mass is 127. The van der Waals surface area contributed by atoms with Gasteiger partial charge in [0.15, 0.2) is 5.96 Å². The smallest absolute Gasteiger partial charge is 0.191 e. The van der Waals surface area contributed by atoms with E-state index in [1.54, 1.807) is 23.5 Å². The number of thiazole rings is 1. The van der Waals surface area contributed by atoms with Gasteiger partial charge in [-0.2, -0.15) is 0 Å². The number of aryl methyl sites for hydroxylation is 1. The van der Waals surface area contributed by atoms with Crippen LogP contribution in [0.4, 0.5) is 4.39 Å². The zero-order valence-electron chi connectivity index (χ0n) is 15.9. The van der Waals surface area contributed by atoms with E-state index in [9.17, 15) is 4.39 Å². The predicted molar refractivity (Wildman–Crippen MR) is 122 cm³/mol. The SMILES string of the molecule is CCNC(=NCC1(c2ccc(F)cc2)CCC1)NCCc1csc(C)n1.I. The van der Waals surface area contributed by atoms with E-state index in [2.05, 4.69) is 27.9 Å². The van der Waals surface area contributed by atoms with Gasteiger partial charge >= 0.3 is 0 Å². The van der Waals surface area contributed by atoms with Gasteiger partial charge in [0, 0.05) is 30.3 Å². The van der Waals surface area contributed by atoms with Gasteiger partial charge in [-0.05, 0) is 44.4 Å². The number of rotatable bonds is 7. The van der Waals surface area contributed by atoms with Crippen LogP contribution >= 0.6 is 35.3 Å². The van der Waals surface area contributed by atoms with E-state index >= 15 is 0 Å². The van der Waals surface area contributed by atoms with Crippen molar-refractivity contribution in [3.63, 3.8) is 0 Å². The van der Waals surface area contributed by atoms with Crippen LogP contribution in [-0.2, 0) is 11.8 Å². The van der Waals surface area contributed by atoms with Gasteiger partial charge in [-0.15, -0.1) is 35.3 Å². The van der Waals surface area contributed by atoms with Crippen molar-refractivity contribution in [2.75, 3.05) is 19.6 Å². The van der Waals surface area contributed by atoms with Crippen LogP contribution < -0.4 is 10.6 Å². The molecule has 0 radical (unpaired) electrons. The topological polar surface area (TPSA) is 49.3 Å². The van der Waals surface area contributed by atoms with Gasteiger partial charge < -0.3 is 10.6 Å². The minimum atomic E-state index is -0.181. The molecule has 1 aromatic carbocycles. The molecule has 0 aliphatic heterocycles. The Hall–Kier alpha value is -1.22. The largest absolute Gasteiger partial charge is 0.357 e. The first-order valence-corrected chi connectivity index (χ1v) is 10.2. The molecular formula is C20H28FIN4S. The summed E-state index contributed by atoms with van der Waals surface area (Å²) in [5.41, 5.74) is 2.38. The molecule has 1 aliphatic carbocycles. The lowest BCUT2D eigenvalue weighted by Gasteiger charge is -2.41. The molecule has 2 N–H and O–H groups in total. The Bertz CT molecular complexity index is 741. The number of benzene rings is 1. The first kappa shape index (κ1) is 22.1. The standard InChI is InChI=1S/C20H27FN4S.HI/c1-3-22-19(23-12-9-18-13-26-15(2)25-18)24-14-20(10-4-11-20)16-5-7-17(21)8-6-16;/h5-8,13H,3-4,9-12,14H2,1-2H3,(H2,22,23,24);1H. The van der Waals surface area contributed by atoms with Crippen molar-refractivity contribution in [3.8, 4) is 0 Å². The van der Waals surface area contributed by atoms with Crippen molar-refractivity contribution in [2.24, 2.45) is 4.99 Å². The van der Waals surface area contributed by atoms with Crippen molar-refractivity contribution in [1.82, 2.24) is 15.6 Å². The average molecular weight is 502 g/mol. The van der Waals surface area contributed by atoms with Crippen LogP contribution in [0, 0.1) is 12.7 Å². The zero-order valence-corrected chi connectivity index (χ0v) is 19.1. The molecule has 148 valence electrons. The zero-order chi connectivity index (χ0) is 18.4. The third-order valence-corrected chi connectivity index (χ3v) is 5.81. The maximum Gasteiger partial charge on any atom is 0.191 e. The normalized spacial score (nSPS) is 15.6. The molecule has 1 fully saturated rings. The summed E-state index contributed by atoms with van der Waals surface area (Å²) in [6, 6.07) is 6.93. The predicted octanol–water partition coefficient (Wildman–Crippen LogP) is 4.43. The van der Waals surface area contributed by atoms with E-state index in [4.69, 9.17) is 4.99 Å². The van der Waals surface area contributed by atoms with Crippen molar-refractivity contribution in [2.45, 2.75) is 44.9 Å². The van der Waals surface area contributed by atoms with E-state index in [0.717, 1.165) is 55.6 Å². The summed E-state index contributed by atoms with van der Waals surface area (Å²) in [4.78, 5) is 9.32. The summed E-state index contributed by atoms with van der Waals surface area (Å²) in [6.07, 6.45) is 4.32. The lowest BCUT2D eigenvalue weighted by atomic mass is 9.64. The molecule has 0 atom stereocenters. The fourth-order valence-electron chi connectivity index (χ4n) is 3.35. The number of nitrogens with one attached hydrogen (secondary N) is 2. The maximum atomic E-state index is 13.2. The molecule has 27 heavy (non-hydrogen) atoms. The van der Waals surface area contributed by atoms with E-state index in [0.29, 0.717) is 0 Å². The quantitative estimate of drug-likeness (QED) is 0.335. The summed E-state index contributed by atoms with van der Waals surface area (Å²) in [7, 11) is 0. The number of hydrogen-bond acceptors (Lipinski definition) is 3. The first-order chi connectivity index (χ1) is 12.6. The Morgan fingerprint density at radius 1 is 1.26 bits per heavy atom. The number of aromatic nitrogens is 1. The van der Waals surface area contributed by atoms with Crippen LogP contribution in [0.15, 0.2) is 34.6 Å². The van der Waals surface area contributed by atoms with Gasteiger partial charge in [0.2, 0.25) is 0 Å². The van der Waals surface area contributed by atoms with E-state index < -0.39 is 0 Å². The fraction of sp³-hybridized carbons (Fsp3) is 0.500. The first-order valence-electron chi connectivity index (χ1n) is 9.30. The van der Waals surface area contributed by atoms with Crippen LogP contribution in [0.1, 0.15) is 42.5 Å². The van der Waals surface area contributed by atoms with Gasteiger partial charge in [0.05, 0.1) is 17.2 Å². The van der Waals surface area contributed by atoms with Crippen LogP contribution in [0.3, 0.4) is 0 Å². The van der Waals surface area contributed by atoms with Crippen LogP contribution in [0.5, 0.6) is 0 Å². The molecule has 2 aromatic rings. The van der Waals surface area contributed by atoms with Crippen molar-refractivity contribution in [3.05, 3.63) is 51.7 Å². The lowest BCUT2D eigenvalue weighted by Crippen LogP contribution is -2.42. The third kappa shape index (κ3) is 5.88. The van der Waals surface area contributed by atoms with Crippen molar-refractivity contribution < 1.29 is 4.39 Å². The Kier molecular flexibility index (Phi) is 8.47. The number of halogens is 2. The van der Waals surface area contributed by atoms with Gasteiger partial charge in [0.25, 0.3) is 0 Å². The highest BCUT2D eigenvalue weighted by molar-refractivity contribution is 14.0. The molecule has 0 unspecified atom stereocenters. The molecule has 3 rings (SSSR count). The summed E-state index contributed by atoms with van der Waals surface area (Å²) >= 11 is 1.68. The molecule has 4 nitrogen and oxygen atoms in total. The summed E-state index contributed by atoms with van der Waals surface area (Å²) in [5, 5.41) is 9.93. The van der Waals surface area contributed by atoms with Gasteiger partial charge in [0.1, 0.15) is 5.82 Å². The second-order valence-electron chi connectivity index (χ2n) is 6.87. The monoisotopic (exact) mass is 502 g/mol. The van der Waals surface area contributed by atoms with E-state index in [1.807, 2.05) is 19.1 Å². The minimum Gasteiger partial charge on any atom is -0.357 e. The van der Waals surface area contributed by atoms with E-state index in [1.165, 1.54) is 12.0 Å². The molecule has 1 saturated carbocycles. The van der Waals surface area contributed by atoms with Crippen LogP contribution in [-0.4, -0.2) is 30.6 Å². The van der Waals surface area contributed by atoms with E-state index in [-0.39, 0.29) is 35.2 Å². The van der Waals surface area contributed by atoms with Gasteiger partial charge in [-0.1, -0.05) is 18.6 Å². The number of hydrogen-bond donors (Lipinski definition) is 2. The lowest BCUT2D eigenvalue weighted by molar-refractivity contribution is 0.253. The Morgan fingerprint density at radius 3 is 2.56 bits per heavy atom. The molecule has 0 amide bonds. The molecule has 0 spiro atoms. The number of aliphatic imine (C=N–C) groups is 1. The second kappa shape index (κ2) is 10.4. The second-order valence-corrected chi connectivity index (χ2v) is 7.93. The van der Waals surface area contributed by atoms with Gasteiger partial charge in [-0.3, -0.25) is 4.99 Å². The maximum absolute atomic E-state index is 13.2. The Morgan fingerprint density at radius 2 is 2.00 bits per heavy atom. The highest BCUT2D eigenvalue weighted by Crippen LogP contribution is 2.44. The molecule has 0 bridgehead atoms. The number of guanidine groups is 1. The third-order valence-electron chi connectivity index (χ3n) is 4.99. The van der Waals surface area contributed by atoms with Crippen molar-refractivity contribution in [1.29, 1.82) is 0 Å². The van der Waals surface area contributed by atoms with Gasteiger partial charge in [-0.25, -0.2) is 9.37 Å². The van der Waals surface area contributed by atoms with Crippen LogP contribution in [0.25, 0.3) is 0 Å². The molecule has 1 aromatic heterocycles. The van der Waals surface area contributed by atoms with Crippen molar-refractivity contribution >= 4 is 41.3 Å². The molecule has 1 aliphatic rings. The molecule has 7 heteroatoms. The fourth-order valence-corrected chi connectivity index (χ4v) is 4.00. The average Bonchev–Trinajstić information content (AvgIpc) is 3.00. The molecule has 1 heterocycles. The summed E-state index contributed by atoms with van der Waals surface area (Å²) in [6.45, 7) is 6.45. The minimum absolute atomic E-state index is 0. The summed E-state index contributed by atoms with van der Waals surface area (Å²) < 4.78 is 13.2.